The van der Waals surface area contributed by atoms with E-state index < -0.39 is 0 Å². The Balaban J connectivity index is 2.95. The minimum absolute atomic E-state index is 0.300. The maximum Gasteiger partial charge on any atom is 0.330 e. The van der Waals surface area contributed by atoms with Crippen LogP contribution >= 0.6 is 11.8 Å². The van der Waals surface area contributed by atoms with Crippen LogP contribution in [0.4, 0.5) is 5.82 Å². The number of ether oxygens (including phenoxy) is 1. The molecule has 0 aliphatic heterocycles. The Morgan fingerprint density at radius 3 is 2.90 bits per heavy atom. The van der Waals surface area contributed by atoms with E-state index in [0.29, 0.717) is 17.8 Å². The molecule has 20 heavy (non-hydrogen) atoms. The number of hydrogen-bond acceptors (Lipinski definition) is 6. The first-order valence-electron chi connectivity index (χ1n) is 6.63. The van der Waals surface area contributed by atoms with Crippen molar-refractivity contribution in [2.45, 2.75) is 38.4 Å². The molecule has 1 unspecified atom stereocenters. The maximum atomic E-state index is 11.4. The van der Waals surface area contributed by atoms with Crippen molar-refractivity contribution in [3.8, 4) is 0 Å². The number of hydrogen-bond donors (Lipinski definition) is 1. The summed E-state index contributed by atoms with van der Waals surface area (Å²) in [4.78, 5) is 20.0. The van der Waals surface area contributed by atoms with Gasteiger partial charge in [-0.3, -0.25) is 0 Å². The predicted octanol–water partition coefficient (Wildman–Crippen LogP) is 2.99. The van der Waals surface area contributed by atoms with Crippen molar-refractivity contribution >= 4 is 29.6 Å². The van der Waals surface area contributed by atoms with Crippen LogP contribution in [0.2, 0.25) is 0 Å². The highest BCUT2D eigenvalue weighted by Crippen LogP contribution is 2.19. The third kappa shape index (κ3) is 5.21. The normalized spacial score (nSPS) is 12.4. The summed E-state index contributed by atoms with van der Waals surface area (Å²) in [5, 5.41) is 4.02. The van der Waals surface area contributed by atoms with Crippen molar-refractivity contribution in [2.24, 2.45) is 0 Å². The first-order chi connectivity index (χ1) is 9.60. The Kier molecular flexibility index (Phi) is 7.08. The van der Waals surface area contributed by atoms with Gasteiger partial charge in [0.25, 0.3) is 0 Å². The van der Waals surface area contributed by atoms with Crippen LogP contribution in [0.3, 0.4) is 0 Å². The fourth-order valence-corrected chi connectivity index (χ4v) is 1.74. The van der Waals surface area contributed by atoms with E-state index in [-0.39, 0.29) is 5.97 Å². The fourth-order valence-electron chi connectivity index (χ4n) is 1.39. The van der Waals surface area contributed by atoms with Crippen molar-refractivity contribution in [1.82, 2.24) is 9.97 Å². The molecule has 0 fully saturated rings. The lowest BCUT2D eigenvalue weighted by Crippen LogP contribution is -2.16. The second-order valence-electron chi connectivity index (χ2n) is 4.20. The number of carbonyl (C=O) groups is 1. The number of anilines is 1. The molecule has 0 bridgehead atoms. The van der Waals surface area contributed by atoms with Gasteiger partial charge in [-0.1, -0.05) is 18.7 Å². The molecule has 1 atom stereocenters. The van der Waals surface area contributed by atoms with Crippen LogP contribution in [0.5, 0.6) is 0 Å². The maximum absolute atomic E-state index is 11.4. The molecule has 1 aromatic rings. The molecular weight excluding hydrogens is 274 g/mol. The SMILES string of the molecule is CCOC(=O)/C=C/c1cnc(SC)nc1NC(C)CC. The van der Waals surface area contributed by atoms with Gasteiger partial charge in [0.05, 0.1) is 6.61 Å². The summed E-state index contributed by atoms with van der Waals surface area (Å²) in [6.07, 6.45) is 7.69. The summed E-state index contributed by atoms with van der Waals surface area (Å²) in [6, 6.07) is 0.300. The molecule has 0 aliphatic rings. The van der Waals surface area contributed by atoms with Crippen molar-refractivity contribution in [3.05, 3.63) is 17.8 Å². The second kappa shape index (κ2) is 8.58. The van der Waals surface area contributed by atoms with E-state index in [2.05, 4.69) is 29.1 Å². The zero-order chi connectivity index (χ0) is 15.0. The second-order valence-corrected chi connectivity index (χ2v) is 4.97. The standard InChI is InChI=1S/C14H21N3O2S/c1-5-10(3)16-13-11(7-8-12(18)19-6-2)9-15-14(17-13)20-4/h7-10H,5-6H2,1-4H3,(H,15,16,17)/b8-7+. The summed E-state index contributed by atoms with van der Waals surface area (Å²) in [6.45, 7) is 6.32. The summed E-state index contributed by atoms with van der Waals surface area (Å²) < 4.78 is 4.86. The molecule has 110 valence electrons. The number of thioether (sulfide) groups is 1. The lowest BCUT2D eigenvalue weighted by Gasteiger charge is -2.14. The lowest BCUT2D eigenvalue weighted by atomic mass is 10.2. The first-order valence-corrected chi connectivity index (χ1v) is 7.85. The number of carbonyl (C=O) groups excluding carboxylic acids is 1. The summed E-state index contributed by atoms with van der Waals surface area (Å²) in [7, 11) is 0. The monoisotopic (exact) mass is 295 g/mol. The Morgan fingerprint density at radius 1 is 1.55 bits per heavy atom. The quantitative estimate of drug-likeness (QED) is 0.361. The highest BCUT2D eigenvalue weighted by molar-refractivity contribution is 7.98. The number of aromatic nitrogens is 2. The minimum Gasteiger partial charge on any atom is -0.463 e. The molecule has 1 heterocycles. The highest BCUT2D eigenvalue weighted by Gasteiger charge is 2.08. The Labute approximate surface area is 124 Å². The van der Waals surface area contributed by atoms with Gasteiger partial charge in [0, 0.05) is 23.9 Å². The Hall–Kier alpha value is -1.56. The fraction of sp³-hybridized carbons (Fsp3) is 0.500. The summed E-state index contributed by atoms with van der Waals surface area (Å²) in [5.41, 5.74) is 0.774. The first kappa shape index (κ1) is 16.5. The largest absolute Gasteiger partial charge is 0.463 e. The molecule has 1 aromatic heterocycles. The summed E-state index contributed by atoms with van der Waals surface area (Å²) in [5.74, 6) is 0.371. The van der Waals surface area contributed by atoms with Crippen LogP contribution in [0, 0.1) is 0 Å². The minimum atomic E-state index is -0.365. The number of esters is 1. The molecule has 0 aromatic carbocycles. The predicted molar refractivity (Wildman–Crippen MR) is 82.9 cm³/mol. The van der Waals surface area contributed by atoms with E-state index in [9.17, 15) is 4.79 Å². The van der Waals surface area contributed by atoms with E-state index in [1.54, 1.807) is 19.2 Å². The van der Waals surface area contributed by atoms with Gasteiger partial charge in [-0.25, -0.2) is 14.8 Å². The van der Waals surface area contributed by atoms with E-state index in [1.165, 1.54) is 17.8 Å². The number of rotatable bonds is 7. The van der Waals surface area contributed by atoms with Crippen LogP contribution in [0.25, 0.3) is 6.08 Å². The van der Waals surface area contributed by atoms with Gasteiger partial charge in [0.1, 0.15) is 5.82 Å². The van der Waals surface area contributed by atoms with Gasteiger partial charge >= 0.3 is 5.97 Å². The molecule has 0 amide bonds. The van der Waals surface area contributed by atoms with Crippen LogP contribution < -0.4 is 5.32 Å². The van der Waals surface area contributed by atoms with Crippen molar-refractivity contribution in [3.63, 3.8) is 0 Å². The van der Waals surface area contributed by atoms with Gasteiger partial charge in [-0.05, 0) is 32.6 Å². The smallest absolute Gasteiger partial charge is 0.330 e. The highest BCUT2D eigenvalue weighted by atomic mass is 32.2. The molecular formula is C14H21N3O2S. The molecule has 0 spiro atoms. The molecule has 5 nitrogen and oxygen atoms in total. The van der Waals surface area contributed by atoms with E-state index in [0.717, 1.165) is 17.8 Å². The van der Waals surface area contributed by atoms with Crippen molar-refractivity contribution in [2.75, 3.05) is 18.2 Å². The molecule has 0 saturated carbocycles. The van der Waals surface area contributed by atoms with Crippen molar-refractivity contribution in [1.29, 1.82) is 0 Å². The molecule has 6 heteroatoms. The van der Waals surface area contributed by atoms with E-state index in [1.807, 2.05) is 6.26 Å². The lowest BCUT2D eigenvalue weighted by molar-refractivity contribution is -0.137. The summed E-state index contributed by atoms with van der Waals surface area (Å²) >= 11 is 1.48. The van der Waals surface area contributed by atoms with E-state index >= 15 is 0 Å². The third-order valence-corrected chi connectivity index (χ3v) is 3.22. The van der Waals surface area contributed by atoms with Gasteiger partial charge < -0.3 is 10.1 Å². The zero-order valence-corrected chi connectivity index (χ0v) is 13.2. The zero-order valence-electron chi connectivity index (χ0n) is 12.3. The van der Waals surface area contributed by atoms with Crippen LogP contribution in [0.1, 0.15) is 32.8 Å². The van der Waals surface area contributed by atoms with Gasteiger partial charge in [-0.15, -0.1) is 0 Å². The Bertz CT molecular complexity index is 477. The molecule has 1 rings (SSSR count). The number of nitrogens with zero attached hydrogens (tertiary/aromatic N) is 2. The van der Waals surface area contributed by atoms with Crippen LogP contribution in [-0.4, -0.2) is 34.8 Å². The molecule has 0 aliphatic carbocycles. The average molecular weight is 295 g/mol. The van der Waals surface area contributed by atoms with Gasteiger partial charge in [0.15, 0.2) is 5.16 Å². The molecule has 0 saturated heterocycles. The van der Waals surface area contributed by atoms with Gasteiger partial charge in [-0.2, -0.15) is 0 Å². The Morgan fingerprint density at radius 2 is 2.30 bits per heavy atom. The molecule has 0 radical (unpaired) electrons. The van der Waals surface area contributed by atoms with Crippen molar-refractivity contribution < 1.29 is 9.53 Å². The molecule has 1 N–H and O–H groups in total. The van der Waals surface area contributed by atoms with Gasteiger partial charge in [0.2, 0.25) is 0 Å². The average Bonchev–Trinajstić information content (AvgIpc) is 2.46. The van der Waals surface area contributed by atoms with Crippen LogP contribution in [0.15, 0.2) is 17.4 Å². The third-order valence-electron chi connectivity index (χ3n) is 2.66. The number of nitrogens with one attached hydrogen (secondary N) is 1. The van der Waals surface area contributed by atoms with Crippen LogP contribution in [-0.2, 0) is 9.53 Å². The topological polar surface area (TPSA) is 64.1 Å². The van der Waals surface area contributed by atoms with E-state index in [4.69, 9.17) is 4.74 Å².